The Labute approximate surface area is 91.7 Å². The number of hydrogen-bond donors (Lipinski definition) is 1. The van der Waals surface area contributed by atoms with Crippen LogP contribution in [0.2, 0.25) is 0 Å². The molecule has 1 N–H and O–H groups in total. The van der Waals surface area contributed by atoms with Crippen LogP contribution in [-0.2, 0) is 11.2 Å². The van der Waals surface area contributed by atoms with Gasteiger partial charge in [0.15, 0.2) is 0 Å². The number of rotatable bonds is 4. The smallest absolute Gasteiger partial charge is 0.295 e. The molecule has 0 aliphatic heterocycles. The molecule has 90 valence electrons. The Morgan fingerprint density at radius 1 is 1.50 bits per heavy atom. The van der Waals surface area contributed by atoms with Crippen LogP contribution in [0, 0.1) is 0 Å². The molecule has 4 nitrogen and oxygen atoms in total. The van der Waals surface area contributed by atoms with Gasteiger partial charge in [-0.1, -0.05) is 18.3 Å². The second-order valence-electron chi connectivity index (χ2n) is 2.73. The van der Waals surface area contributed by atoms with Crippen molar-refractivity contribution in [3.05, 3.63) is 5.01 Å². The number of alkyl halides is 4. The molecule has 1 heterocycles. The summed E-state index contributed by atoms with van der Waals surface area (Å²) in [7, 11) is 0. The van der Waals surface area contributed by atoms with Crippen LogP contribution in [-0.4, -0.2) is 28.5 Å². The second-order valence-corrected chi connectivity index (χ2v) is 3.79. The van der Waals surface area contributed by atoms with E-state index < -0.39 is 18.3 Å². The van der Waals surface area contributed by atoms with Crippen LogP contribution in [0.25, 0.3) is 0 Å². The zero-order chi connectivity index (χ0) is 12.3. The van der Waals surface area contributed by atoms with Gasteiger partial charge in [0.1, 0.15) is 5.01 Å². The van der Waals surface area contributed by atoms with Crippen LogP contribution in [0.4, 0.5) is 22.7 Å². The van der Waals surface area contributed by atoms with Gasteiger partial charge in [0.05, 0.1) is 0 Å². The lowest BCUT2D eigenvalue weighted by Crippen LogP contribution is -2.40. The predicted molar refractivity (Wildman–Crippen MR) is 48.9 cm³/mol. The number of carbonyl (C=O) groups excluding carboxylic acids is 1. The fraction of sp³-hybridized carbons (Fsp3) is 0.571. The summed E-state index contributed by atoms with van der Waals surface area (Å²) in [5.74, 6) is -6.81. The largest absolute Gasteiger partial charge is 0.383 e. The minimum atomic E-state index is -4.72. The lowest BCUT2D eigenvalue weighted by atomic mass is 10.3. The highest BCUT2D eigenvalue weighted by Gasteiger charge is 2.49. The molecule has 1 aromatic rings. The summed E-state index contributed by atoms with van der Waals surface area (Å²) in [6.07, 6.45) is -3.54. The molecule has 0 radical (unpaired) electrons. The molecule has 0 fully saturated rings. The van der Waals surface area contributed by atoms with Gasteiger partial charge < -0.3 is 0 Å². The Balaban J connectivity index is 2.71. The standard InChI is InChI=1S/C7H7F4N3OS/c1-2-3-13-14-6(16-3)12-5(15)7(10,11)4(8)9/h4H,2H2,1H3,(H,12,14,15). The number of halogens is 4. The first-order valence-corrected chi connectivity index (χ1v) is 4.99. The van der Waals surface area contributed by atoms with E-state index in [1.54, 1.807) is 12.2 Å². The molecule has 0 saturated carbocycles. The average molecular weight is 257 g/mol. The molecule has 0 spiro atoms. The van der Waals surface area contributed by atoms with Crippen molar-refractivity contribution in [1.82, 2.24) is 10.2 Å². The summed E-state index contributed by atoms with van der Waals surface area (Å²) in [6, 6.07) is 0. The Morgan fingerprint density at radius 3 is 2.56 bits per heavy atom. The maximum atomic E-state index is 12.5. The molecule has 9 heteroatoms. The second kappa shape index (κ2) is 4.73. The summed E-state index contributed by atoms with van der Waals surface area (Å²) >= 11 is 0.857. The maximum absolute atomic E-state index is 12.5. The molecule has 0 aliphatic carbocycles. The SMILES string of the molecule is CCc1nnc(NC(=O)C(F)(F)C(F)F)s1. The normalized spacial score (nSPS) is 11.9. The highest BCUT2D eigenvalue weighted by atomic mass is 32.1. The van der Waals surface area contributed by atoms with Gasteiger partial charge >= 0.3 is 18.3 Å². The van der Waals surface area contributed by atoms with Crippen molar-refractivity contribution >= 4 is 22.4 Å². The summed E-state index contributed by atoms with van der Waals surface area (Å²) in [5, 5.41) is 8.78. The van der Waals surface area contributed by atoms with Crippen LogP contribution in [0.3, 0.4) is 0 Å². The number of anilines is 1. The molecular formula is C7H7F4N3OS. The summed E-state index contributed by atoms with van der Waals surface area (Å²) < 4.78 is 48.6. The topological polar surface area (TPSA) is 54.9 Å². The van der Waals surface area contributed by atoms with Crippen molar-refractivity contribution < 1.29 is 22.4 Å². The molecule has 1 amide bonds. The molecule has 16 heavy (non-hydrogen) atoms. The van der Waals surface area contributed by atoms with Crippen LogP contribution in [0.5, 0.6) is 0 Å². The first-order chi connectivity index (χ1) is 7.37. The third-order valence-corrected chi connectivity index (χ3v) is 2.55. The molecular weight excluding hydrogens is 250 g/mol. The van der Waals surface area contributed by atoms with Crippen LogP contribution in [0.15, 0.2) is 0 Å². The Morgan fingerprint density at radius 2 is 2.12 bits per heavy atom. The van der Waals surface area contributed by atoms with Crippen LogP contribution in [0.1, 0.15) is 11.9 Å². The summed E-state index contributed by atoms with van der Waals surface area (Å²) in [5.41, 5.74) is 0. The predicted octanol–water partition coefficient (Wildman–Crippen LogP) is 1.94. The van der Waals surface area contributed by atoms with Gasteiger partial charge in [-0.3, -0.25) is 10.1 Å². The molecule has 0 saturated heterocycles. The minimum absolute atomic E-state index is 0.220. The van der Waals surface area contributed by atoms with Crippen molar-refractivity contribution in [2.24, 2.45) is 0 Å². The van der Waals surface area contributed by atoms with E-state index >= 15 is 0 Å². The lowest BCUT2D eigenvalue weighted by molar-refractivity contribution is -0.163. The number of aryl methyl sites for hydroxylation is 1. The van der Waals surface area contributed by atoms with Gasteiger partial charge in [0, 0.05) is 0 Å². The Hall–Kier alpha value is -1.25. The van der Waals surface area contributed by atoms with E-state index in [4.69, 9.17) is 0 Å². The van der Waals surface area contributed by atoms with Crippen LogP contribution >= 0.6 is 11.3 Å². The van der Waals surface area contributed by atoms with Crippen molar-refractivity contribution in [2.45, 2.75) is 25.7 Å². The van der Waals surface area contributed by atoms with E-state index in [0.29, 0.717) is 11.4 Å². The third kappa shape index (κ3) is 2.65. The first-order valence-electron chi connectivity index (χ1n) is 4.17. The summed E-state index contributed by atoms with van der Waals surface area (Å²) in [6.45, 7) is 1.75. The van der Waals surface area contributed by atoms with E-state index in [9.17, 15) is 22.4 Å². The number of hydrogen-bond acceptors (Lipinski definition) is 4. The zero-order valence-electron chi connectivity index (χ0n) is 8.01. The van der Waals surface area contributed by atoms with E-state index in [2.05, 4.69) is 10.2 Å². The third-order valence-electron chi connectivity index (χ3n) is 1.57. The number of amides is 1. The Kier molecular flexibility index (Phi) is 3.79. The minimum Gasteiger partial charge on any atom is -0.295 e. The van der Waals surface area contributed by atoms with E-state index in [1.807, 2.05) is 0 Å². The van der Waals surface area contributed by atoms with E-state index in [1.165, 1.54) is 0 Å². The molecule has 1 aromatic heterocycles. The van der Waals surface area contributed by atoms with Gasteiger partial charge in [-0.2, -0.15) is 8.78 Å². The highest BCUT2D eigenvalue weighted by Crippen LogP contribution is 2.25. The quantitative estimate of drug-likeness (QED) is 0.838. The van der Waals surface area contributed by atoms with Gasteiger partial charge in [-0.05, 0) is 6.42 Å². The fourth-order valence-electron chi connectivity index (χ4n) is 0.727. The van der Waals surface area contributed by atoms with Gasteiger partial charge in [0.25, 0.3) is 0 Å². The van der Waals surface area contributed by atoms with Crippen LogP contribution < -0.4 is 5.32 Å². The fourth-order valence-corrected chi connectivity index (χ4v) is 1.40. The lowest BCUT2D eigenvalue weighted by Gasteiger charge is -2.12. The molecule has 0 aliphatic rings. The molecule has 1 rings (SSSR count). The first kappa shape index (κ1) is 12.8. The summed E-state index contributed by atoms with van der Waals surface area (Å²) in [4.78, 5) is 10.8. The average Bonchev–Trinajstić information content (AvgIpc) is 2.65. The monoisotopic (exact) mass is 257 g/mol. The van der Waals surface area contributed by atoms with Gasteiger partial charge in [0.2, 0.25) is 5.13 Å². The van der Waals surface area contributed by atoms with Crippen molar-refractivity contribution in [2.75, 3.05) is 5.32 Å². The number of aromatic nitrogens is 2. The van der Waals surface area contributed by atoms with Crippen molar-refractivity contribution in [1.29, 1.82) is 0 Å². The van der Waals surface area contributed by atoms with Gasteiger partial charge in [-0.15, -0.1) is 10.2 Å². The van der Waals surface area contributed by atoms with Crippen molar-refractivity contribution in [3.8, 4) is 0 Å². The molecule has 0 unspecified atom stereocenters. The van der Waals surface area contributed by atoms with Gasteiger partial charge in [-0.25, -0.2) is 8.78 Å². The zero-order valence-corrected chi connectivity index (χ0v) is 8.82. The number of nitrogens with one attached hydrogen (secondary N) is 1. The van der Waals surface area contributed by atoms with E-state index in [0.717, 1.165) is 11.3 Å². The Bertz CT molecular complexity index is 381. The molecule has 0 atom stereocenters. The van der Waals surface area contributed by atoms with Crippen molar-refractivity contribution in [3.63, 3.8) is 0 Å². The highest BCUT2D eigenvalue weighted by molar-refractivity contribution is 7.15. The maximum Gasteiger partial charge on any atom is 0.383 e. The molecule has 0 bridgehead atoms. The number of nitrogens with zero attached hydrogens (tertiary/aromatic N) is 2. The number of carbonyl (C=O) groups is 1. The molecule has 0 aromatic carbocycles. The van der Waals surface area contributed by atoms with E-state index in [-0.39, 0.29) is 5.13 Å².